The van der Waals surface area contributed by atoms with Crippen molar-refractivity contribution >= 4 is 5.91 Å². The van der Waals surface area contributed by atoms with E-state index in [2.05, 4.69) is 51.2 Å². The van der Waals surface area contributed by atoms with E-state index in [1.165, 1.54) is 16.7 Å². The summed E-state index contributed by atoms with van der Waals surface area (Å²) >= 11 is 0. The largest absolute Gasteiger partial charge is 0.352 e. The molecule has 19 heavy (non-hydrogen) atoms. The van der Waals surface area contributed by atoms with Crippen molar-refractivity contribution in [3.05, 3.63) is 34.9 Å². The van der Waals surface area contributed by atoms with Gasteiger partial charge in [-0.15, -0.1) is 0 Å². The molecule has 3 N–H and O–H groups in total. The van der Waals surface area contributed by atoms with Crippen molar-refractivity contribution in [2.75, 3.05) is 0 Å². The number of rotatable bonds is 4. The number of benzene rings is 1. The minimum Gasteiger partial charge on any atom is -0.352 e. The maximum Gasteiger partial charge on any atom is 0.221 e. The van der Waals surface area contributed by atoms with Gasteiger partial charge in [0.1, 0.15) is 0 Å². The maximum atomic E-state index is 11.6. The van der Waals surface area contributed by atoms with Gasteiger partial charge in [-0.2, -0.15) is 0 Å². The smallest absolute Gasteiger partial charge is 0.221 e. The second-order valence-electron chi connectivity index (χ2n) is 6.35. The van der Waals surface area contributed by atoms with Crippen LogP contribution in [0.4, 0.5) is 0 Å². The van der Waals surface area contributed by atoms with Gasteiger partial charge >= 0.3 is 0 Å². The molecule has 1 aromatic carbocycles. The van der Waals surface area contributed by atoms with Crippen molar-refractivity contribution in [3.8, 4) is 0 Å². The molecule has 0 saturated carbocycles. The summed E-state index contributed by atoms with van der Waals surface area (Å²) < 4.78 is 0. The standard InChI is InChI=1S/C16H26N2O/c1-11-6-7-14(16(3,4)5)9-13(11)10-18-15(19)8-12(2)17/h6-7,9,12H,8,10,17H2,1-5H3,(H,18,19). The lowest BCUT2D eigenvalue weighted by Gasteiger charge is -2.21. The highest BCUT2D eigenvalue weighted by molar-refractivity contribution is 5.76. The van der Waals surface area contributed by atoms with Crippen molar-refractivity contribution in [1.82, 2.24) is 5.32 Å². The van der Waals surface area contributed by atoms with Crippen molar-refractivity contribution in [2.45, 2.75) is 59.0 Å². The highest BCUT2D eigenvalue weighted by Crippen LogP contribution is 2.24. The Balaban J connectivity index is 2.75. The van der Waals surface area contributed by atoms with Crippen molar-refractivity contribution in [2.24, 2.45) is 5.73 Å². The molecule has 3 heteroatoms. The van der Waals surface area contributed by atoms with Gasteiger partial charge in [0.15, 0.2) is 0 Å². The van der Waals surface area contributed by atoms with Crippen LogP contribution in [-0.4, -0.2) is 11.9 Å². The van der Waals surface area contributed by atoms with Crippen LogP contribution in [0, 0.1) is 6.92 Å². The average molecular weight is 262 g/mol. The molecule has 0 aromatic heterocycles. The van der Waals surface area contributed by atoms with E-state index in [9.17, 15) is 4.79 Å². The summed E-state index contributed by atoms with van der Waals surface area (Å²) in [7, 11) is 0. The zero-order valence-corrected chi connectivity index (χ0v) is 12.7. The zero-order valence-electron chi connectivity index (χ0n) is 12.7. The molecule has 0 spiro atoms. The summed E-state index contributed by atoms with van der Waals surface area (Å²) in [6.07, 6.45) is 0.373. The van der Waals surface area contributed by atoms with Crippen LogP contribution in [0.25, 0.3) is 0 Å². The monoisotopic (exact) mass is 262 g/mol. The molecular formula is C16H26N2O. The summed E-state index contributed by atoms with van der Waals surface area (Å²) in [5, 5.41) is 2.93. The lowest BCUT2D eigenvalue weighted by Crippen LogP contribution is -2.29. The minimum absolute atomic E-state index is 0.00978. The van der Waals surface area contributed by atoms with Gasteiger partial charge in [-0.25, -0.2) is 0 Å². The van der Waals surface area contributed by atoms with Crippen molar-refractivity contribution < 1.29 is 4.79 Å². The first-order valence-corrected chi connectivity index (χ1v) is 6.82. The third-order valence-electron chi connectivity index (χ3n) is 3.20. The quantitative estimate of drug-likeness (QED) is 0.876. The first-order chi connectivity index (χ1) is 8.70. The Bertz CT molecular complexity index is 445. The number of carbonyl (C=O) groups excluding carboxylic acids is 1. The maximum absolute atomic E-state index is 11.6. The number of hydrogen-bond donors (Lipinski definition) is 2. The Hall–Kier alpha value is -1.35. The summed E-state index contributed by atoms with van der Waals surface area (Å²) in [4.78, 5) is 11.6. The van der Waals surface area contributed by atoms with Gasteiger partial charge in [0, 0.05) is 19.0 Å². The molecule has 0 saturated heterocycles. The normalized spacial score (nSPS) is 13.2. The van der Waals surface area contributed by atoms with Gasteiger partial charge in [0.05, 0.1) is 0 Å². The molecule has 1 aromatic rings. The SMILES string of the molecule is Cc1ccc(C(C)(C)C)cc1CNC(=O)CC(C)N. The van der Waals surface area contributed by atoms with Gasteiger partial charge in [-0.1, -0.05) is 39.0 Å². The number of aryl methyl sites for hydroxylation is 1. The summed E-state index contributed by atoms with van der Waals surface area (Å²) in [6.45, 7) is 11.0. The van der Waals surface area contributed by atoms with Gasteiger partial charge in [-0.3, -0.25) is 4.79 Å². The fourth-order valence-corrected chi connectivity index (χ4v) is 1.89. The molecule has 1 atom stereocenters. The second-order valence-corrected chi connectivity index (χ2v) is 6.35. The van der Waals surface area contributed by atoms with Gasteiger partial charge < -0.3 is 11.1 Å². The highest BCUT2D eigenvalue weighted by atomic mass is 16.1. The second kappa shape index (κ2) is 6.20. The molecule has 106 valence electrons. The van der Waals surface area contributed by atoms with Crippen LogP contribution in [0.15, 0.2) is 18.2 Å². The van der Waals surface area contributed by atoms with Crippen LogP contribution in [0.3, 0.4) is 0 Å². The molecule has 1 amide bonds. The Morgan fingerprint density at radius 1 is 1.37 bits per heavy atom. The summed E-state index contributed by atoms with van der Waals surface area (Å²) in [5.41, 5.74) is 9.40. The van der Waals surface area contributed by atoms with E-state index >= 15 is 0 Å². The van der Waals surface area contributed by atoms with E-state index in [0.29, 0.717) is 13.0 Å². The van der Waals surface area contributed by atoms with Crippen molar-refractivity contribution in [3.63, 3.8) is 0 Å². The predicted molar refractivity (Wildman–Crippen MR) is 80.0 cm³/mol. The molecule has 1 unspecified atom stereocenters. The first-order valence-electron chi connectivity index (χ1n) is 6.82. The van der Waals surface area contributed by atoms with Crippen LogP contribution in [0.5, 0.6) is 0 Å². The van der Waals surface area contributed by atoms with Crippen LogP contribution < -0.4 is 11.1 Å². The highest BCUT2D eigenvalue weighted by Gasteiger charge is 2.15. The molecule has 0 aliphatic heterocycles. The predicted octanol–water partition coefficient (Wildman–Crippen LogP) is 2.65. The molecule has 0 aliphatic rings. The zero-order chi connectivity index (χ0) is 14.6. The van der Waals surface area contributed by atoms with Crippen LogP contribution in [0.1, 0.15) is 50.8 Å². The lowest BCUT2D eigenvalue weighted by atomic mass is 9.85. The molecule has 3 nitrogen and oxygen atoms in total. The minimum atomic E-state index is -0.0954. The Labute approximate surface area is 116 Å². The number of nitrogens with two attached hydrogens (primary N) is 1. The average Bonchev–Trinajstić information content (AvgIpc) is 2.25. The number of nitrogens with one attached hydrogen (secondary N) is 1. The van der Waals surface area contributed by atoms with Crippen LogP contribution in [-0.2, 0) is 16.8 Å². The van der Waals surface area contributed by atoms with Crippen LogP contribution >= 0.6 is 0 Å². The number of hydrogen-bond acceptors (Lipinski definition) is 2. The van der Waals surface area contributed by atoms with Gasteiger partial charge in [0.2, 0.25) is 5.91 Å². The fraction of sp³-hybridized carbons (Fsp3) is 0.562. The first kappa shape index (κ1) is 15.7. The third kappa shape index (κ3) is 5.03. The summed E-state index contributed by atoms with van der Waals surface area (Å²) in [5.74, 6) is 0.00978. The topological polar surface area (TPSA) is 55.1 Å². The van der Waals surface area contributed by atoms with E-state index in [4.69, 9.17) is 5.73 Å². The molecule has 0 radical (unpaired) electrons. The van der Waals surface area contributed by atoms with E-state index in [-0.39, 0.29) is 17.4 Å². The molecule has 0 bridgehead atoms. The van der Waals surface area contributed by atoms with E-state index in [1.807, 2.05) is 6.92 Å². The Morgan fingerprint density at radius 3 is 2.53 bits per heavy atom. The molecular weight excluding hydrogens is 236 g/mol. The number of carbonyl (C=O) groups is 1. The third-order valence-corrected chi connectivity index (χ3v) is 3.20. The lowest BCUT2D eigenvalue weighted by molar-refractivity contribution is -0.121. The molecule has 0 fully saturated rings. The van der Waals surface area contributed by atoms with Crippen LogP contribution in [0.2, 0.25) is 0 Å². The van der Waals surface area contributed by atoms with E-state index in [1.54, 1.807) is 0 Å². The summed E-state index contributed by atoms with van der Waals surface area (Å²) in [6, 6.07) is 6.36. The van der Waals surface area contributed by atoms with Gasteiger partial charge in [0.25, 0.3) is 0 Å². The Morgan fingerprint density at radius 2 is 2.00 bits per heavy atom. The number of amides is 1. The fourth-order valence-electron chi connectivity index (χ4n) is 1.89. The molecule has 0 aliphatic carbocycles. The van der Waals surface area contributed by atoms with E-state index in [0.717, 1.165) is 0 Å². The van der Waals surface area contributed by atoms with Gasteiger partial charge in [-0.05, 0) is 36.0 Å². The molecule has 1 rings (SSSR count). The molecule has 0 heterocycles. The van der Waals surface area contributed by atoms with Crippen molar-refractivity contribution in [1.29, 1.82) is 0 Å². The van der Waals surface area contributed by atoms with E-state index < -0.39 is 0 Å². The Kier molecular flexibility index (Phi) is 5.12.